The molecule has 0 bridgehead atoms. The second-order valence-corrected chi connectivity index (χ2v) is 7.83. The van der Waals surface area contributed by atoms with Crippen molar-refractivity contribution in [1.82, 2.24) is 9.55 Å². The number of benzene rings is 2. The quantitative estimate of drug-likeness (QED) is 0.502. The van der Waals surface area contributed by atoms with Gasteiger partial charge in [0.15, 0.2) is 16.8 Å². The van der Waals surface area contributed by atoms with Gasteiger partial charge in [0.05, 0.1) is 5.56 Å². The molecule has 1 N–H and O–H groups in total. The van der Waals surface area contributed by atoms with E-state index >= 15 is 0 Å². The predicted octanol–water partition coefficient (Wildman–Crippen LogP) is 3.96. The lowest BCUT2D eigenvalue weighted by Crippen LogP contribution is -2.34. The Morgan fingerprint density at radius 1 is 1.13 bits per heavy atom. The summed E-state index contributed by atoms with van der Waals surface area (Å²) in [7, 11) is 1.63. The van der Waals surface area contributed by atoms with Crippen LogP contribution in [0.25, 0.3) is 0 Å². The third kappa shape index (κ3) is 3.72. The minimum Gasteiger partial charge on any atom is -0.312 e. The smallest absolute Gasteiger partial charge is 0.279 e. The first-order chi connectivity index (χ1) is 14.3. The summed E-state index contributed by atoms with van der Waals surface area (Å²) in [5.74, 6) is -3.19. The van der Waals surface area contributed by atoms with Gasteiger partial charge >= 0.3 is 0 Å². The van der Waals surface area contributed by atoms with E-state index in [0.29, 0.717) is 10.9 Å². The molecule has 1 aromatic heterocycles. The van der Waals surface area contributed by atoms with Gasteiger partial charge in [0, 0.05) is 25.1 Å². The Hall–Kier alpha value is -3.07. The molecule has 0 spiro atoms. The number of carbonyl (C=O) groups is 1. The van der Waals surface area contributed by atoms with Crippen LogP contribution in [-0.4, -0.2) is 15.5 Å². The zero-order valence-electron chi connectivity index (χ0n) is 15.8. The van der Waals surface area contributed by atoms with Gasteiger partial charge in [-0.05, 0) is 29.3 Å². The number of hydrogen-bond donors (Lipinski definition) is 1. The number of thioether (sulfide) groups is 1. The Labute approximate surface area is 174 Å². The Bertz CT molecular complexity index is 1200. The third-order valence-electron chi connectivity index (χ3n) is 4.94. The van der Waals surface area contributed by atoms with Crippen LogP contribution >= 0.6 is 11.8 Å². The molecule has 2 heterocycles. The normalized spacial score (nSPS) is 15.6. The van der Waals surface area contributed by atoms with Crippen LogP contribution < -0.4 is 10.9 Å². The van der Waals surface area contributed by atoms with Crippen LogP contribution in [0.5, 0.6) is 0 Å². The molecule has 3 aromatic rings. The fourth-order valence-electron chi connectivity index (χ4n) is 3.45. The van der Waals surface area contributed by atoms with Gasteiger partial charge in [-0.3, -0.25) is 9.59 Å². The van der Waals surface area contributed by atoms with E-state index in [2.05, 4.69) is 10.3 Å². The van der Waals surface area contributed by atoms with Gasteiger partial charge in [-0.2, -0.15) is 4.98 Å². The molecule has 1 unspecified atom stereocenters. The molecule has 30 heavy (non-hydrogen) atoms. The topological polar surface area (TPSA) is 64.0 Å². The van der Waals surface area contributed by atoms with Gasteiger partial charge in [0.1, 0.15) is 11.6 Å². The Kier molecular flexibility index (Phi) is 5.38. The molecule has 1 aliphatic rings. The zero-order valence-corrected chi connectivity index (χ0v) is 16.6. The van der Waals surface area contributed by atoms with Gasteiger partial charge in [-0.15, -0.1) is 0 Å². The zero-order chi connectivity index (χ0) is 21.4. The van der Waals surface area contributed by atoms with Crippen molar-refractivity contribution in [2.75, 3.05) is 5.32 Å². The Morgan fingerprint density at radius 3 is 2.60 bits per heavy atom. The number of carbonyl (C=O) groups excluding carboxylic acids is 1. The molecule has 1 amide bonds. The van der Waals surface area contributed by atoms with E-state index in [9.17, 15) is 22.8 Å². The van der Waals surface area contributed by atoms with Crippen LogP contribution in [0.3, 0.4) is 0 Å². The van der Waals surface area contributed by atoms with Crippen molar-refractivity contribution < 1.29 is 18.0 Å². The lowest BCUT2D eigenvalue weighted by Gasteiger charge is -2.27. The molecular formula is C21H16F3N3O2S. The highest BCUT2D eigenvalue weighted by atomic mass is 32.2. The average Bonchev–Trinajstić information content (AvgIpc) is 2.72. The number of aromatic nitrogens is 2. The summed E-state index contributed by atoms with van der Waals surface area (Å²) in [6, 6.07) is 9.62. The summed E-state index contributed by atoms with van der Waals surface area (Å²) in [6.45, 7) is 0. The molecule has 0 fully saturated rings. The molecule has 5 nitrogen and oxygen atoms in total. The minimum absolute atomic E-state index is 0.0586. The molecule has 1 aliphatic heterocycles. The van der Waals surface area contributed by atoms with E-state index in [1.165, 1.54) is 36.0 Å². The van der Waals surface area contributed by atoms with Crippen LogP contribution in [-0.2, 0) is 17.6 Å². The van der Waals surface area contributed by atoms with Gasteiger partial charge in [0.2, 0.25) is 5.91 Å². The second-order valence-electron chi connectivity index (χ2n) is 6.88. The summed E-state index contributed by atoms with van der Waals surface area (Å²) in [6.07, 6.45) is -0.188. The van der Waals surface area contributed by atoms with Gasteiger partial charge < -0.3 is 9.88 Å². The highest BCUT2D eigenvalue weighted by Crippen LogP contribution is 2.37. The molecule has 0 aliphatic carbocycles. The molecule has 0 radical (unpaired) electrons. The number of nitrogens with one attached hydrogen (secondary N) is 1. The maximum atomic E-state index is 14.4. The van der Waals surface area contributed by atoms with Crippen LogP contribution in [0.1, 0.15) is 29.0 Å². The average molecular weight is 431 g/mol. The van der Waals surface area contributed by atoms with Crippen LogP contribution in [0.2, 0.25) is 0 Å². The molecular weight excluding hydrogens is 415 g/mol. The fourth-order valence-corrected chi connectivity index (χ4v) is 4.37. The standard InChI is InChI=1S/C21H16F3N3O2S/c1-27-19-17(14(9-16(28)25-19)13-3-2-4-15(23)18(13)24)20(29)26-21(27)30-10-11-5-7-12(22)8-6-11/h2-8,14H,9-10H2,1H3,(H,25,28). The number of halogens is 3. The maximum absolute atomic E-state index is 14.4. The summed E-state index contributed by atoms with van der Waals surface area (Å²) >= 11 is 1.24. The van der Waals surface area contributed by atoms with E-state index in [1.807, 2.05) is 0 Å². The van der Waals surface area contributed by atoms with Gasteiger partial charge in [-0.25, -0.2) is 13.2 Å². The Morgan fingerprint density at radius 2 is 1.87 bits per heavy atom. The number of nitrogens with zero attached hydrogens (tertiary/aromatic N) is 2. The number of anilines is 1. The summed E-state index contributed by atoms with van der Waals surface area (Å²) in [5, 5.41) is 2.99. The van der Waals surface area contributed by atoms with Gasteiger partial charge in [0.25, 0.3) is 5.56 Å². The molecule has 0 saturated heterocycles. The van der Waals surface area contributed by atoms with Crippen LogP contribution in [0.4, 0.5) is 19.0 Å². The van der Waals surface area contributed by atoms with Crippen molar-refractivity contribution in [2.24, 2.45) is 7.05 Å². The van der Waals surface area contributed by atoms with E-state index in [4.69, 9.17) is 0 Å². The number of rotatable bonds is 4. The molecule has 0 saturated carbocycles. The molecule has 1 atom stereocenters. The first-order valence-corrected chi connectivity index (χ1v) is 10.1. The SMILES string of the molecule is Cn1c(SCc2ccc(F)cc2)nc(=O)c2c1NC(=O)CC2c1cccc(F)c1F. The lowest BCUT2D eigenvalue weighted by molar-refractivity contribution is -0.116. The Balaban J connectivity index is 1.74. The number of hydrogen-bond acceptors (Lipinski definition) is 4. The minimum atomic E-state index is -1.08. The van der Waals surface area contributed by atoms with E-state index in [0.717, 1.165) is 11.6 Å². The molecule has 9 heteroatoms. The molecule has 154 valence electrons. The number of amides is 1. The highest BCUT2D eigenvalue weighted by molar-refractivity contribution is 7.98. The summed E-state index contributed by atoms with van der Waals surface area (Å²) in [5.41, 5.74) is 0.278. The van der Waals surface area contributed by atoms with Crippen molar-refractivity contribution in [2.45, 2.75) is 23.2 Å². The highest BCUT2D eigenvalue weighted by Gasteiger charge is 2.34. The van der Waals surface area contributed by atoms with Crippen molar-refractivity contribution in [3.05, 3.63) is 87.0 Å². The van der Waals surface area contributed by atoms with Crippen molar-refractivity contribution >= 4 is 23.5 Å². The van der Waals surface area contributed by atoms with E-state index in [-0.39, 0.29) is 29.2 Å². The van der Waals surface area contributed by atoms with Gasteiger partial charge in [-0.1, -0.05) is 36.0 Å². The van der Waals surface area contributed by atoms with E-state index in [1.54, 1.807) is 23.7 Å². The predicted molar refractivity (Wildman–Crippen MR) is 107 cm³/mol. The van der Waals surface area contributed by atoms with Crippen molar-refractivity contribution in [1.29, 1.82) is 0 Å². The van der Waals surface area contributed by atoms with Crippen LogP contribution in [0.15, 0.2) is 52.4 Å². The first-order valence-electron chi connectivity index (χ1n) is 9.07. The van der Waals surface area contributed by atoms with E-state index < -0.39 is 29.0 Å². The molecule has 2 aromatic carbocycles. The van der Waals surface area contributed by atoms with Crippen molar-refractivity contribution in [3.63, 3.8) is 0 Å². The third-order valence-corrected chi connectivity index (χ3v) is 6.04. The number of fused-ring (bicyclic) bond motifs is 1. The molecule has 4 rings (SSSR count). The fraction of sp³-hybridized carbons (Fsp3) is 0.190. The summed E-state index contributed by atoms with van der Waals surface area (Å²) in [4.78, 5) is 29.2. The first kappa shape index (κ1) is 20.2. The maximum Gasteiger partial charge on any atom is 0.279 e. The van der Waals surface area contributed by atoms with Crippen LogP contribution in [0, 0.1) is 17.5 Å². The second kappa shape index (κ2) is 7.98. The monoisotopic (exact) mass is 431 g/mol. The summed E-state index contributed by atoms with van der Waals surface area (Å²) < 4.78 is 42.7. The van der Waals surface area contributed by atoms with Crippen molar-refractivity contribution in [3.8, 4) is 0 Å². The largest absolute Gasteiger partial charge is 0.312 e. The lowest BCUT2D eigenvalue weighted by atomic mass is 9.86.